The van der Waals surface area contributed by atoms with Crippen LogP contribution in [0.5, 0.6) is 23.0 Å². The van der Waals surface area contributed by atoms with Gasteiger partial charge in [-0.2, -0.15) is 13.3 Å². The monoisotopic (exact) mass is 2570 g/mol. The standard InChI is InChI=1S/C37H36N4O.C31H32N4O.2C24H20N4O.4Pt/c1-25(2)32-22-30(28-12-7-6-8-13-28)23-33(26(3)4)37(32)40-19-18-39(24-40)31-15-11-14-29(21-31)34-20-27(5)41(38-34)35-16-9-10-17-36(35)42;1-21(2)26-12-9-13-27(22(3)4)31(26)34-17-16-33(20-34)25-11-8-10-24(19-25)28-18-23(5)35(32-28)29-14-6-7-15-30(29)36;2*1-17-14-20(25-28(17)23-12-5-6-13-24(23)29)18-8-7-9-19(15-18)27-16-26(2)21-10-3-4-11-22(21)27;;;;/h6-20,22-26,42H,1-5H3;6-18,20-22,36H,1-5H3;2*3-14,16,29H,1-2H3;;;;/q4*-2;4*+2/i;;2D3;;;;;. The van der Waals surface area contributed by atoms with Crippen molar-refractivity contribution in [3.05, 3.63) is 424 Å². The molecule has 716 valence electrons. The van der Waals surface area contributed by atoms with Crippen LogP contribution < -0.4 is 39.2 Å². The van der Waals surface area contributed by atoms with Gasteiger partial charge in [0, 0.05) is 83.8 Å². The molecule has 8 heterocycles. The van der Waals surface area contributed by atoms with Gasteiger partial charge in [0.2, 0.25) is 0 Å². The molecule has 4 aromatic heterocycles. The van der Waals surface area contributed by atoms with E-state index in [-0.39, 0.29) is 107 Å². The molecule has 20 nitrogen and oxygen atoms in total. The van der Waals surface area contributed by atoms with E-state index >= 15 is 0 Å². The van der Waals surface area contributed by atoms with Crippen molar-refractivity contribution in [1.82, 2.24) is 39.1 Å². The van der Waals surface area contributed by atoms with Crippen LogP contribution in [0.3, 0.4) is 0 Å². The summed E-state index contributed by atoms with van der Waals surface area (Å²) in [4.78, 5) is 16.0. The van der Waals surface area contributed by atoms with E-state index in [1.165, 1.54) is 49.7 Å². The van der Waals surface area contributed by atoms with Gasteiger partial charge in [0.1, 0.15) is 45.7 Å². The van der Waals surface area contributed by atoms with Crippen LogP contribution in [0.2, 0.25) is 0 Å². The van der Waals surface area contributed by atoms with E-state index in [0.29, 0.717) is 63.5 Å². The van der Waals surface area contributed by atoms with Crippen molar-refractivity contribution >= 4 is 56.9 Å². The fourth-order valence-electron chi connectivity index (χ4n) is 17.5. The summed E-state index contributed by atoms with van der Waals surface area (Å²) >= 11 is 0. The first kappa shape index (κ1) is 98.1. The van der Waals surface area contributed by atoms with Crippen molar-refractivity contribution in [2.75, 3.05) is 53.2 Å². The normalized spacial score (nSPS) is 13.2. The number of aromatic hydroxyl groups is 4. The fraction of sp³-hybridized carbons (Fsp3) is 0.155. The van der Waals surface area contributed by atoms with E-state index in [9.17, 15) is 20.4 Å². The second kappa shape index (κ2) is 44.8. The van der Waals surface area contributed by atoms with Gasteiger partial charge in [-0.1, -0.05) is 224 Å². The Morgan fingerprint density at radius 1 is 0.271 bits per heavy atom. The molecule has 4 N–H and O–H groups in total. The predicted octanol–water partition coefficient (Wildman–Crippen LogP) is 26.8. The second-order valence-corrected chi connectivity index (χ2v) is 35.2. The maximum absolute atomic E-state index is 10.4. The Bertz CT molecular complexity index is 7360. The summed E-state index contributed by atoms with van der Waals surface area (Å²) in [6.07, 6.45) is 8.40. The van der Waals surface area contributed by atoms with E-state index < -0.39 is 6.98 Å². The quantitative estimate of drug-likeness (QED) is 0.0562. The molecule has 4 aliphatic heterocycles. The fourth-order valence-corrected chi connectivity index (χ4v) is 17.5. The zero-order valence-corrected chi connectivity index (χ0v) is 88.6. The summed E-state index contributed by atoms with van der Waals surface area (Å²) < 4.78 is 30.6. The van der Waals surface area contributed by atoms with Gasteiger partial charge in [-0.05, 0) is 208 Å². The van der Waals surface area contributed by atoms with Crippen molar-refractivity contribution in [3.8, 4) is 102 Å². The molecule has 0 radical (unpaired) electrons. The molecule has 0 fully saturated rings. The summed E-state index contributed by atoms with van der Waals surface area (Å²) in [5, 5.41) is 60.0. The molecule has 17 aromatic rings. The van der Waals surface area contributed by atoms with Crippen molar-refractivity contribution in [1.29, 1.82) is 0 Å². The minimum absolute atomic E-state index is 0. The Balaban J connectivity index is 0.000000151. The Labute approximate surface area is 883 Å². The van der Waals surface area contributed by atoms with E-state index in [2.05, 4.69) is 244 Å². The van der Waals surface area contributed by atoms with E-state index in [1.54, 1.807) is 73.9 Å². The number of nitrogens with zero attached hydrogens (tertiary/aromatic N) is 16. The van der Waals surface area contributed by atoms with Crippen LogP contribution in [0.1, 0.15) is 128 Å². The van der Waals surface area contributed by atoms with Gasteiger partial charge in [0.15, 0.2) is 0 Å². The summed E-state index contributed by atoms with van der Waals surface area (Å²) in [5.74, 6) is 2.31. The first-order valence-corrected chi connectivity index (χ1v) is 45.6. The predicted molar refractivity (Wildman–Crippen MR) is 551 cm³/mol. The van der Waals surface area contributed by atoms with Gasteiger partial charge < -0.3 is 59.6 Å². The largest absolute Gasteiger partial charge is 2.00 e. The third kappa shape index (κ3) is 21.6. The van der Waals surface area contributed by atoms with Crippen LogP contribution in [0.4, 0.5) is 56.9 Å². The van der Waals surface area contributed by atoms with Crippen LogP contribution in [0.15, 0.2) is 328 Å². The van der Waals surface area contributed by atoms with Gasteiger partial charge >= 0.3 is 84.3 Å². The molecule has 13 aromatic carbocycles. The molecule has 140 heavy (non-hydrogen) atoms. The van der Waals surface area contributed by atoms with E-state index in [4.69, 9.17) is 19.4 Å². The SMILES string of the molecule is Cc1cc(-c2[c-]c(N3C=CN(c4c(C(C)C)cc(-c5ccccc5)cc4C(C)C)[CH-]3)ccc2)nn1-c1ccccc1O.Cc1cc(-c2[c-]c(N3C=CN(c4c(C(C)C)cccc4C(C)C)[CH-]3)ccc2)nn1-c1ccccc1O.Cc1cc(-c2[c-]c(N3[CH-]N(C)c4ccccc43)ccc2)nn1-c1ccccc1O.[2H]C([2H])([2H])N1[CH-]N(c2[c-]c(-c3cc(C)n(-c4ccccc4O)n3)ccc2)c2ccccc21.[Pt+2].[Pt+2].[Pt+2].[Pt+2]. The molecule has 0 amide bonds. The molecular weight excluding hydrogens is 2460 g/mol. The number of aromatic nitrogens is 8. The molecule has 24 heteroatoms. The van der Waals surface area contributed by atoms with Crippen molar-refractivity contribution in [3.63, 3.8) is 0 Å². The number of fused-ring (bicyclic) bond motifs is 2. The Morgan fingerprint density at radius 3 is 0.871 bits per heavy atom. The number of rotatable bonds is 19. The molecule has 0 atom stereocenters. The molecule has 0 saturated carbocycles. The summed E-state index contributed by atoms with van der Waals surface area (Å²) in [5.41, 5.74) is 30.4. The summed E-state index contributed by atoms with van der Waals surface area (Å²) in [6, 6.07) is 112. The average molecular weight is 2570 g/mol. The smallest absolute Gasteiger partial charge is 0.506 e. The number of para-hydroxylation sites is 13. The van der Waals surface area contributed by atoms with E-state index in [0.717, 1.165) is 96.2 Å². The van der Waals surface area contributed by atoms with Crippen LogP contribution in [0, 0.1) is 78.6 Å². The molecule has 0 bridgehead atoms. The van der Waals surface area contributed by atoms with Gasteiger partial charge in [-0.15, -0.1) is 133 Å². The molecule has 21 rings (SSSR count). The number of aryl methyl sites for hydroxylation is 4. The molecule has 4 aliphatic rings. The number of phenolic OH excluding ortho intramolecular Hbond substituents is 4. The number of hydrogen-bond donors (Lipinski definition) is 4. The topological polar surface area (TPSA) is 178 Å². The second-order valence-electron chi connectivity index (χ2n) is 35.2. The summed E-state index contributed by atoms with van der Waals surface area (Å²) in [6.45, 7) is 31.5. The Hall–Kier alpha value is -13.5. The van der Waals surface area contributed by atoms with Gasteiger partial charge in [0.05, 0.1) is 0 Å². The van der Waals surface area contributed by atoms with Crippen LogP contribution in [0.25, 0.3) is 78.9 Å². The Morgan fingerprint density at radius 2 is 0.543 bits per heavy atom. The minimum Gasteiger partial charge on any atom is -0.506 e. The van der Waals surface area contributed by atoms with Gasteiger partial charge in [-0.3, -0.25) is 0 Å². The van der Waals surface area contributed by atoms with Crippen LogP contribution in [-0.2, 0) is 84.3 Å². The molecule has 0 spiro atoms. The maximum atomic E-state index is 10.4. The Kier molecular flexibility index (Phi) is 31.4. The van der Waals surface area contributed by atoms with Gasteiger partial charge in [-0.25, -0.2) is 39.1 Å². The zero-order valence-electron chi connectivity index (χ0n) is 82.5. The van der Waals surface area contributed by atoms with E-state index in [1.807, 2.05) is 210 Å². The van der Waals surface area contributed by atoms with Crippen molar-refractivity contribution in [2.45, 2.75) is 107 Å². The first-order chi connectivity index (χ1) is 67.1. The number of anilines is 10. The minimum atomic E-state index is -2.30. The summed E-state index contributed by atoms with van der Waals surface area (Å²) in [7, 11) is 2.04. The van der Waals surface area contributed by atoms with Crippen molar-refractivity contribution < 1.29 is 109 Å². The van der Waals surface area contributed by atoms with Gasteiger partial charge in [0.25, 0.3) is 0 Å². The zero-order chi connectivity index (χ0) is 97.2. The molecular formula is C116H108N16O4Pt4. The van der Waals surface area contributed by atoms with Crippen LogP contribution in [-0.4, -0.2) is 73.6 Å². The number of benzene rings is 13. The third-order valence-electron chi connectivity index (χ3n) is 24.4. The maximum Gasteiger partial charge on any atom is 2.00 e. The number of hydrogen-bond acceptors (Lipinski definition) is 16. The first-order valence-electron chi connectivity index (χ1n) is 47.1. The third-order valence-corrected chi connectivity index (χ3v) is 24.4. The molecule has 0 aliphatic carbocycles. The molecule has 0 saturated heterocycles. The van der Waals surface area contributed by atoms with Crippen molar-refractivity contribution in [2.24, 2.45) is 0 Å². The molecule has 0 unspecified atom stereocenters. The average Bonchev–Trinajstić information content (AvgIpc) is 1.66. The van der Waals surface area contributed by atoms with Crippen LogP contribution >= 0.6 is 0 Å². The number of phenols is 4.